The third kappa shape index (κ3) is 5.16. The zero-order valence-electron chi connectivity index (χ0n) is 12.1. The van der Waals surface area contributed by atoms with Gasteiger partial charge in [-0.15, -0.1) is 0 Å². The second kappa shape index (κ2) is 8.30. The van der Waals surface area contributed by atoms with Gasteiger partial charge in [0.25, 0.3) is 0 Å². The van der Waals surface area contributed by atoms with Crippen molar-refractivity contribution in [3.63, 3.8) is 0 Å². The van der Waals surface area contributed by atoms with Gasteiger partial charge >= 0.3 is 5.97 Å². The van der Waals surface area contributed by atoms with Crippen LogP contribution in [0.1, 0.15) is 11.1 Å². The molecule has 0 saturated carbocycles. The molecule has 23 heavy (non-hydrogen) atoms. The van der Waals surface area contributed by atoms with Crippen molar-refractivity contribution in [3.05, 3.63) is 52.2 Å². The second-order valence-corrected chi connectivity index (χ2v) is 8.54. The summed E-state index contributed by atoms with van der Waals surface area (Å²) in [4.78, 5) is 10.9. The maximum absolute atomic E-state index is 10.9. The highest BCUT2D eigenvalue weighted by Crippen LogP contribution is 2.34. The molecule has 122 valence electrons. The molecule has 7 heteroatoms. The van der Waals surface area contributed by atoms with Crippen molar-refractivity contribution in [2.45, 2.75) is 19.4 Å². The molecule has 2 aromatic carbocycles. The van der Waals surface area contributed by atoms with E-state index in [9.17, 15) is 4.79 Å². The van der Waals surface area contributed by atoms with Crippen LogP contribution < -0.4 is 10.5 Å². The molecule has 0 aliphatic rings. The first-order chi connectivity index (χ1) is 10.8. The zero-order chi connectivity index (χ0) is 17.1. The Morgan fingerprint density at radius 1 is 1.17 bits per heavy atom. The van der Waals surface area contributed by atoms with Gasteiger partial charge in [-0.25, -0.2) is 0 Å². The van der Waals surface area contributed by atoms with Crippen LogP contribution in [0.3, 0.4) is 0 Å². The summed E-state index contributed by atoms with van der Waals surface area (Å²) in [5, 5.41) is 8.93. The maximum atomic E-state index is 10.9. The van der Waals surface area contributed by atoms with Crippen LogP contribution in [-0.2, 0) is 11.2 Å². The molecule has 0 heterocycles. The Balaban J connectivity index is 2.26. The van der Waals surface area contributed by atoms with Crippen molar-refractivity contribution in [2.75, 3.05) is 0 Å². The maximum Gasteiger partial charge on any atom is 0.320 e. The highest BCUT2D eigenvalue weighted by molar-refractivity contribution is 14.1. The molecule has 2 aromatic rings. The van der Waals surface area contributed by atoms with E-state index in [1.54, 1.807) is 0 Å². The molecule has 3 N–H and O–H groups in total. The quantitative estimate of drug-likeness (QED) is 0.467. The number of carboxylic acids is 1. The first-order valence-corrected chi connectivity index (χ1v) is 9.92. The van der Waals surface area contributed by atoms with Crippen LogP contribution in [-0.4, -0.2) is 17.1 Å². The van der Waals surface area contributed by atoms with Crippen molar-refractivity contribution in [1.29, 1.82) is 0 Å². The molecule has 0 unspecified atom stereocenters. The highest BCUT2D eigenvalue weighted by Gasteiger charge is 2.16. The minimum Gasteiger partial charge on any atom is -0.480 e. The summed E-state index contributed by atoms with van der Waals surface area (Å²) in [7, 11) is 0. The second-order valence-electron chi connectivity index (χ2n) is 5.05. The minimum atomic E-state index is -0.996. The van der Waals surface area contributed by atoms with E-state index in [-0.39, 0.29) is 0 Å². The Kier molecular flexibility index (Phi) is 6.92. The van der Waals surface area contributed by atoms with Gasteiger partial charge in [0, 0.05) is 3.57 Å². The van der Waals surface area contributed by atoms with Gasteiger partial charge in [-0.3, -0.25) is 4.79 Å². The van der Waals surface area contributed by atoms with Crippen molar-refractivity contribution < 1.29 is 14.6 Å². The first-order valence-electron chi connectivity index (χ1n) is 6.68. The number of carboxylic acid groups (broad SMARTS) is 1. The number of aliphatic carboxylic acids is 1. The lowest BCUT2D eigenvalue weighted by Crippen LogP contribution is -2.32. The smallest absolute Gasteiger partial charge is 0.320 e. The van der Waals surface area contributed by atoms with Crippen LogP contribution >= 0.6 is 67.8 Å². The number of rotatable bonds is 5. The van der Waals surface area contributed by atoms with E-state index in [0.29, 0.717) is 6.42 Å². The van der Waals surface area contributed by atoms with Crippen molar-refractivity contribution in [3.8, 4) is 11.5 Å². The van der Waals surface area contributed by atoms with Gasteiger partial charge in [0.1, 0.15) is 11.8 Å². The molecule has 0 bridgehead atoms. The molecule has 0 amide bonds. The summed E-state index contributed by atoms with van der Waals surface area (Å²) >= 11 is 6.68. The average Bonchev–Trinajstić information content (AvgIpc) is 2.46. The Morgan fingerprint density at radius 2 is 1.78 bits per heavy atom. The summed E-state index contributed by atoms with van der Waals surface area (Å²) in [5.74, 6) is 0.564. The van der Waals surface area contributed by atoms with Gasteiger partial charge in [-0.1, -0.05) is 6.07 Å². The van der Waals surface area contributed by atoms with Gasteiger partial charge in [0.05, 0.1) is 7.14 Å². The predicted octanol–water partition coefficient (Wildman–Crippen LogP) is 4.56. The highest BCUT2D eigenvalue weighted by atomic mass is 127. The summed E-state index contributed by atoms with van der Waals surface area (Å²) in [5.41, 5.74) is 7.70. The van der Waals surface area contributed by atoms with Gasteiger partial charge in [0.15, 0.2) is 5.75 Å². The number of aryl methyl sites for hydroxylation is 1. The van der Waals surface area contributed by atoms with Gasteiger partial charge < -0.3 is 15.6 Å². The normalized spacial score (nSPS) is 12.0. The van der Waals surface area contributed by atoms with Crippen molar-refractivity contribution in [1.82, 2.24) is 0 Å². The molecule has 0 radical (unpaired) electrons. The van der Waals surface area contributed by atoms with Crippen LogP contribution in [0.25, 0.3) is 0 Å². The monoisotopic (exact) mass is 649 g/mol. The molecular weight excluding hydrogens is 635 g/mol. The van der Waals surface area contributed by atoms with Crippen LogP contribution in [0.15, 0.2) is 30.3 Å². The van der Waals surface area contributed by atoms with Gasteiger partial charge in [0.2, 0.25) is 0 Å². The summed E-state index contributed by atoms with van der Waals surface area (Å²) in [6, 6.07) is 8.90. The molecule has 0 spiro atoms. The number of hydrogen-bond acceptors (Lipinski definition) is 3. The van der Waals surface area contributed by atoms with Gasteiger partial charge in [-0.05, 0) is 117 Å². The summed E-state index contributed by atoms with van der Waals surface area (Å²) in [6.45, 7) is 2.06. The number of nitrogens with two attached hydrogens (primary N) is 1. The fourth-order valence-corrected chi connectivity index (χ4v) is 4.53. The Labute approximate surface area is 175 Å². The predicted molar refractivity (Wildman–Crippen MR) is 115 cm³/mol. The molecule has 1 atom stereocenters. The number of carbonyl (C=O) groups is 1. The van der Waals surface area contributed by atoms with E-state index < -0.39 is 12.0 Å². The molecule has 4 nitrogen and oxygen atoms in total. The van der Waals surface area contributed by atoms with E-state index in [1.165, 1.54) is 5.56 Å². The lowest BCUT2D eigenvalue weighted by Gasteiger charge is -2.14. The lowest BCUT2D eigenvalue weighted by molar-refractivity contribution is -0.138. The number of benzene rings is 2. The van der Waals surface area contributed by atoms with Crippen LogP contribution in [0.2, 0.25) is 0 Å². The van der Waals surface area contributed by atoms with E-state index in [4.69, 9.17) is 15.6 Å². The fourth-order valence-electron chi connectivity index (χ4n) is 1.92. The SMILES string of the molecule is Cc1ccc(Oc2c(I)cc(C[C@H](N)C(=O)O)cc2I)cc1I. The Bertz CT molecular complexity index is 726. The largest absolute Gasteiger partial charge is 0.480 e. The third-order valence-corrected chi connectivity index (χ3v) is 5.96. The summed E-state index contributed by atoms with van der Waals surface area (Å²) < 4.78 is 9.02. The first kappa shape index (κ1) is 19.2. The third-order valence-electron chi connectivity index (χ3n) is 3.19. The van der Waals surface area contributed by atoms with Crippen LogP contribution in [0, 0.1) is 17.6 Å². The lowest BCUT2D eigenvalue weighted by atomic mass is 10.1. The van der Waals surface area contributed by atoms with Crippen LogP contribution in [0.5, 0.6) is 11.5 Å². The summed E-state index contributed by atoms with van der Waals surface area (Å²) in [6.07, 6.45) is 0.296. The molecule has 0 fully saturated rings. The van der Waals surface area contributed by atoms with E-state index >= 15 is 0 Å². The van der Waals surface area contributed by atoms with Crippen LogP contribution in [0.4, 0.5) is 0 Å². The molecule has 0 aromatic heterocycles. The van der Waals surface area contributed by atoms with Crippen molar-refractivity contribution in [2.24, 2.45) is 5.73 Å². The van der Waals surface area contributed by atoms with Crippen molar-refractivity contribution >= 4 is 73.7 Å². The molecule has 0 aliphatic heterocycles. The number of ether oxygens (including phenoxy) is 1. The fraction of sp³-hybridized carbons (Fsp3) is 0.188. The van der Waals surface area contributed by atoms with E-state index in [0.717, 1.165) is 27.8 Å². The number of halogens is 3. The Hall–Kier alpha value is -0.140. The zero-order valence-corrected chi connectivity index (χ0v) is 18.6. The standard InChI is InChI=1S/C16H14I3NO3/c1-8-2-3-10(7-11(8)17)23-15-12(18)4-9(5-13(15)19)6-14(20)16(21)22/h2-5,7,14H,6,20H2,1H3,(H,21,22)/t14-/m0/s1. The molecule has 2 rings (SSSR count). The molecule has 0 aliphatic carbocycles. The Morgan fingerprint density at radius 3 is 2.30 bits per heavy atom. The molecule has 0 saturated heterocycles. The van der Waals surface area contributed by atoms with Gasteiger partial charge in [-0.2, -0.15) is 0 Å². The van der Waals surface area contributed by atoms with E-state index in [1.807, 2.05) is 30.3 Å². The average molecular weight is 649 g/mol. The van der Waals surface area contributed by atoms with E-state index in [2.05, 4.69) is 74.7 Å². The minimum absolute atomic E-state index is 0.296. The molecular formula is C16H14I3NO3. The number of hydrogen-bond donors (Lipinski definition) is 2. The topological polar surface area (TPSA) is 72.5 Å².